The monoisotopic (exact) mass is 410 g/mol. The molecule has 0 bridgehead atoms. The van der Waals surface area contributed by atoms with E-state index in [0.29, 0.717) is 18.8 Å². The van der Waals surface area contributed by atoms with Gasteiger partial charge in [-0.1, -0.05) is 0 Å². The Hall–Kier alpha value is -2.47. The van der Waals surface area contributed by atoms with Gasteiger partial charge in [0.25, 0.3) is 0 Å². The van der Waals surface area contributed by atoms with Crippen LogP contribution in [0.5, 0.6) is 0 Å². The third-order valence-electron chi connectivity index (χ3n) is 6.01. The number of pyridine rings is 1. The third-order valence-corrected chi connectivity index (χ3v) is 6.01. The van der Waals surface area contributed by atoms with Crippen molar-refractivity contribution < 1.29 is 10.2 Å². The van der Waals surface area contributed by atoms with Gasteiger partial charge in [0.2, 0.25) is 0 Å². The summed E-state index contributed by atoms with van der Waals surface area (Å²) in [5, 5.41) is 33.6. The Morgan fingerprint density at radius 3 is 2.83 bits per heavy atom. The summed E-state index contributed by atoms with van der Waals surface area (Å²) in [4.78, 5) is 12.5. The highest BCUT2D eigenvalue weighted by molar-refractivity contribution is 6.01. The number of imidazole rings is 1. The minimum absolute atomic E-state index is 0.280. The molecule has 1 atom stereocenters. The first-order valence-corrected chi connectivity index (χ1v) is 10.7. The molecule has 1 fully saturated rings. The quantitative estimate of drug-likeness (QED) is 0.444. The highest BCUT2D eigenvalue weighted by Crippen LogP contribution is 2.38. The fourth-order valence-electron chi connectivity index (χ4n) is 4.53. The van der Waals surface area contributed by atoms with Gasteiger partial charge in [-0.05, 0) is 51.5 Å². The van der Waals surface area contributed by atoms with Gasteiger partial charge in [-0.25, -0.2) is 9.97 Å². The van der Waals surface area contributed by atoms with Crippen LogP contribution in [0.3, 0.4) is 0 Å². The first-order valence-electron chi connectivity index (χ1n) is 10.7. The molecule has 1 aliphatic rings. The zero-order valence-corrected chi connectivity index (χ0v) is 17.6. The van der Waals surface area contributed by atoms with Crippen LogP contribution in [0.15, 0.2) is 18.5 Å². The van der Waals surface area contributed by atoms with Gasteiger partial charge in [-0.3, -0.25) is 5.32 Å². The minimum Gasteiger partial charge on any atom is -0.389 e. The first kappa shape index (κ1) is 20.8. The van der Waals surface area contributed by atoms with Crippen LogP contribution in [0.4, 0.5) is 0 Å². The maximum absolute atomic E-state index is 10.6. The molecule has 160 valence electrons. The lowest BCUT2D eigenvalue weighted by Crippen LogP contribution is -2.42. The van der Waals surface area contributed by atoms with Crippen LogP contribution >= 0.6 is 0 Å². The molecule has 30 heavy (non-hydrogen) atoms. The smallest absolute Gasteiger partial charge is 0.139 e. The number of hydrogen-bond donors (Lipinski definition) is 4. The zero-order valence-electron chi connectivity index (χ0n) is 17.6. The largest absolute Gasteiger partial charge is 0.389 e. The number of aromatic nitrogens is 4. The van der Waals surface area contributed by atoms with Crippen LogP contribution in [-0.4, -0.2) is 48.1 Å². The lowest BCUT2D eigenvalue weighted by Gasteiger charge is -2.30. The summed E-state index contributed by atoms with van der Waals surface area (Å²) in [5.74, 6) is 1.29. The summed E-state index contributed by atoms with van der Waals surface area (Å²) in [5.41, 5.74) is 1.80. The number of rotatable bonds is 7. The van der Waals surface area contributed by atoms with E-state index in [2.05, 4.69) is 25.9 Å². The van der Waals surface area contributed by atoms with Crippen LogP contribution < -0.4 is 5.32 Å². The minimum atomic E-state index is -0.901. The van der Waals surface area contributed by atoms with E-state index < -0.39 is 11.8 Å². The maximum Gasteiger partial charge on any atom is 0.139 e. The molecule has 3 aromatic rings. The second-order valence-corrected chi connectivity index (χ2v) is 9.08. The summed E-state index contributed by atoms with van der Waals surface area (Å²) in [6, 6.07) is 4.61. The number of nitriles is 1. The van der Waals surface area contributed by atoms with Gasteiger partial charge in [0, 0.05) is 37.0 Å². The van der Waals surface area contributed by atoms with Crippen molar-refractivity contribution in [2.45, 2.75) is 70.2 Å². The van der Waals surface area contributed by atoms with Gasteiger partial charge in [0.15, 0.2) is 0 Å². The Morgan fingerprint density at radius 1 is 1.37 bits per heavy atom. The fraction of sp³-hybridized carbons (Fsp3) is 0.591. The Morgan fingerprint density at radius 2 is 2.13 bits per heavy atom. The van der Waals surface area contributed by atoms with E-state index in [0.717, 1.165) is 53.6 Å². The molecule has 1 unspecified atom stereocenters. The topological polar surface area (TPSA) is 123 Å². The molecular weight excluding hydrogens is 380 g/mol. The van der Waals surface area contributed by atoms with Gasteiger partial charge >= 0.3 is 0 Å². The first-order chi connectivity index (χ1) is 14.4. The van der Waals surface area contributed by atoms with Crippen LogP contribution in [-0.2, 0) is 6.42 Å². The zero-order chi connectivity index (χ0) is 21.3. The van der Waals surface area contributed by atoms with Gasteiger partial charge in [0.05, 0.1) is 23.4 Å². The molecule has 3 heterocycles. The van der Waals surface area contributed by atoms with Crippen molar-refractivity contribution in [3.05, 3.63) is 24.3 Å². The van der Waals surface area contributed by atoms with Crippen LogP contribution in [0, 0.1) is 17.2 Å². The molecule has 8 nitrogen and oxygen atoms in total. The summed E-state index contributed by atoms with van der Waals surface area (Å²) < 4.78 is 2.28. The van der Waals surface area contributed by atoms with E-state index in [1.807, 2.05) is 12.3 Å². The lowest BCUT2D eigenvalue weighted by molar-refractivity contribution is 0.0489. The van der Waals surface area contributed by atoms with E-state index in [1.54, 1.807) is 20.0 Å². The molecule has 1 saturated carbocycles. The number of nitrogens with zero attached hydrogens (tertiary/aromatic N) is 4. The summed E-state index contributed by atoms with van der Waals surface area (Å²) in [7, 11) is 0. The number of hydrogen-bond acceptors (Lipinski definition) is 6. The molecule has 3 aromatic heterocycles. The van der Waals surface area contributed by atoms with Gasteiger partial charge in [-0.2, -0.15) is 5.26 Å². The summed E-state index contributed by atoms with van der Waals surface area (Å²) in [6.45, 7) is 3.70. The molecule has 0 aromatic carbocycles. The van der Waals surface area contributed by atoms with Crippen molar-refractivity contribution in [2.75, 3.05) is 6.54 Å². The van der Waals surface area contributed by atoms with Gasteiger partial charge in [-0.15, -0.1) is 0 Å². The summed E-state index contributed by atoms with van der Waals surface area (Å²) >= 11 is 0. The highest BCUT2D eigenvalue weighted by Gasteiger charge is 2.28. The number of H-pyrrole nitrogens is 1. The predicted octanol–water partition coefficient (Wildman–Crippen LogP) is 2.78. The SMILES string of the molecule is CC(C)(O)CNC(O)Cc1nc2cnc3[nH]ccc3c2n1[C@H]1CC[C@H](CC#N)CC1. The maximum atomic E-state index is 10.6. The fourth-order valence-corrected chi connectivity index (χ4v) is 4.53. The van der Waals surface area contributed by atoms with Crippen molar-refractivity contribution >= 4 is 22.1 Å². The van der Waals surface area contributed by atoms with Crippen LogP contribution in [0.25, 0.3) is 22.1 Å². The molecule has 0 radical (unpaired) electrons. The van der Waals surface area contributed by atoms with Gasteiger partial charge in [0.1, 0.15) is 23.2 Å². The number of aromatic amines is 1. The number of nitrogens with one attached hydrogen (secondary N) is 2. The average molecular weight is 411 g/mol. The highest BCUT2D eigenvalue weighted by atomic mass is 16.3. The van der Waals surface area contributed by atoms with E-state index in [4.69, 9.17) is 10.2 Å². The van der Waals surface area contributed by atoms with E-state index >= 15 is 0 Å². The molecule has 0 saturated heterocycles. The second kappa shape index (κ2) is 8.34. The molecule has 1 aliphatic carbocycles. The Kier molecular flexibility index (Phi) is 5.78. The molecule has 4 N–H and O–H groups in total. The molecular formula is C22H30N6O2. The standard InChI is InChI=1S/C22H30N6O2/c1-22(2,30)13-26-19(29)11-18-27-17-12-25-21-16(8-10-24-21)20(17)28(18)15-5-3-14(4-6-15)7-9-23/h8,10,12,14-15,19,26,29-30H,3-7,11,13H2,1-2H3,(H,24,25)/t14-,15-,19?. The number of fused-ring (bicyclic) bond motifs is 3. The van der Waals surface area contributed by atoms with Crippen molar-refractivity contribution in [3.63, 3.8) is 0 Å². The predicted molar refractivity (Wildman–Crippen MR) is 115 cm³/mol. The average Bonchev–Trinajstić information content (AvgIpc) is 3.30. The third kappa shape index (κ3) is 4.33. The second-order valence-electron chi connectivity index (χ2n) is 9.08. The number of aliphatic hydroxyl groups excluding tert-OH is 1. The van der Waals surface area contributed by atoms with E-state index in [9.17, 15) is 10.2 Å². The molecule has 0 amide bonds. The van der Waals surface area contributed by atoms with Crippen molar-refractivity contribution in [1.29, 1.82) is 5.26 Å². The lowest BCUT2D eigenvalue weighted by atomic mass is 9.84. The normalized spacial score (nSPS) is 21.2. The van der Waals surface area contributed by atoms with Crippen molar-refractivity contribution in [2.24, 2.45) is 5.92 Å². The van der Waals surface area contributed by atoms with Gasteiger partial charge < -0.3 is 19.8 Å². The summed E-state index contributed by atoms with van der Waals surface area (Å²) in [6.07, 6.45) is 7.86. The number of aliphatic hydroxyl groups is 2. The molecule has 8 heteroatoms. The Labute approximate surface area is 175 Å². The van der Waals surface area contributed by atoms with E-state index in [1.165, 1.54) is 0 Å². The molecule has 4 rings (SSSR count). The van der Waals surface area contributed by atoms with Crippen molar-refractivity contribution in [3.8, 4) is 6.07 Å². The molecule has 0 aliphatic heterocycles. The Balaban J connectivity index is 1.67. The van der Waals surface area contributed by atoms with Crippen molar-refractivity contribution in [1.82, 2.24) is 24.8 Å². The van der Waals surface area contributed by atoms with E-state index in [-0.39, 0.29) is 12.6 Å². The Bertz CT molecular complexity index is 1050. The van der Waals surface area contributed by atoms with Crippen LogP contribution in [0.2, 0.25) is 0 Å². The van der Waals surface area contributed by atoms with Crippen LogP contribution in [0.1, 0.15) is 57.8 Å². The molecule has 0 spiro atoms.